The summed E-state index contributed by atoms with van der Waals surface area (Å²) in [5.74, 6) is -1.44. The molecule has 3 N–H and O–H groups in total. The maximum Gasteiger partial charge on any atom is 0.321 e. The zero-order chi connectivity index (χ0) is 15.1. The van der Waals surface area contributed by atoms with Crippen LogP contribution in [0.5, 0.6) is 0 Å². The van der Waals surface area contributed by atoms with Crippen LogP contribution in [0, 0.1) is 0 Å². The van der Waals surface area contributed by atoms with E-state index in [2.05, 4.69) is 10.6 Å². The highest BCUT2D eigenvalue weighted by atomic mass is 16.4. The zero-order valence-electron chi connectivity index (χ0n) is 12.0. The number of carbonyl (C=O) groups is 3. The fourth-order valence-corrected chi connectivity index (χ4v) is 2.41. The molecule has 0 aromatic heterocycles. The molecule has 0 aromatic rings. The van der Waals surface area contributed by atoms with Gasteiger partial charge in [0.2, 0.25) is 5.91 Å². The normalized spacial score (nSPS) is 15.6. The van der Waals surface area contributed by atoms with Gasteiger partial charge in [0.05, 0.1) is 13.1 Å². The molecule has 1 aliphatic carbocycles. The maximum atomic E-state index is 11.8. The molecule has 20 heavy (non-hydrogen) atoms. The van der Waals surface area contributed by atoms with Gasteiger partial charge < -0.3 is 10.4 Å². The van der Waals surface area contributed by atoms with Crippen LogP contribution in [0.2, 0.25) is 0 Å². The molecule has 0 unspecified atom stereocenters. The Morgan fingerprint density at radius 2 is 1.80 bits per heavy atom. The van der Waals surface area contributed by atoms with Crippen LogP contribution < -0.4 is 10.6 Å². The average molecular weight is 285 g/mol. The minimum atomic E-state index is -0.962. The first-order valence-corrected chi connectivity index (χ1v) is 6.94. The monoisotopic (exact) mass is 285 g/mol. The molecule has 0 spiro atoms. The predicted molar refractivity (Wildman–Crippen MR) is 73.3 cm³/mol. The summed E-state index contributed by atoms with van der Waals surface area (Å²) in [5.41, 5.74) is 0. The van der Waals surface area contributed by atoms with Gasteiger partial charge >= 0.3 is 12.0 Å². The second-order valence-corrected chi connectivity index (χ2v) is 5.41. The fourth-order valence-electron chi connectivity index (χ4n) is 2.41. The molecule has 7 heteroatoms. The number of urea groups is 1. The number of amides is 3. The number of aliphatic carboxylic acids is 1. The van der Waals surface area contributed by atoms with Gasteiger partial charge in [-0.25, -0.2) is 4.79 Å². The van der Waals surface area contributed by atoms with Crippen molar-refractivity contribution >= 4 is 17.9 Å². The Kier molecular flexibility index (Phi) is 6.44. The van der Waals surface area contributed by atoms with E-state index in [1.165, 1.54) is 0 Å². The first kappa shape index (κ1) is 16.4. The van der Waals surface area contributed by atoms with E-state index < -0.39 is 17.9 Å². The number of hydrogen-bond donors (Lipinski definition) is 3. The number of carbonyl (C=O) groups excluding carboxylic acids is 2. The third-order valence-corrected chi connectivity index (χ3v) is 3.20. The van der Waals surface area contributed by atoms with Gasteiger partial charge in [0.15, 0.2) is 0 Å². The molecule has 0 aromatic carbocycles. The number of imide groups is 1. The summed E-state index contributed by atoms with van der Waals surface area (Å²) >= 11 is 0. The van der Waals surface area contributed by atoms with E-state index in [4.69, 9.17) is 5.11 Å². The van der Waals surface area contributed by atoms with Crippen LogP contribution in [0.4, 0.5) is 4.79 Å². The van der Waals surface area contributed by atoms with Gasteiger partial charge in [0.1, 0.15) is 0 Å². The number of rotatable bonds is 6. The van der Waals surface area contributed by atoms with Crippen molar-refractivity contribution in [3.05, 3.63) is 0 Å². The van der Waals surface area contributed by atoms with Crippen LogP contribution in [0.1, 0.15) is 39.5 Å². The summed E-state index contributed by atoms with van der Waals surface area (Å²) in [4.78, 5) is 35.7. The Labute approximate surface area is 118 Å². The molecule has 1 saturated carbocycles. The molecular formula is C13H23N3O4. The molecule has 0 saturated heterocycles. The number of hydrogen-bond acceptors (Lipinski definition) is 4. The van der Waals surface area contributed by atoms with Crippen molar-refractivity contribution < 1.29 is 19.5 Å². The SMILES string of the molecule is CC(C)NC(=O)NC(=O)CN(CC(=O)O)C1CCCC1. The molecule has 1 aliphatic rings. The summed E-state index contributed by atoms with van der Waals surface area (Å²) in [6, 6.07) is -0.496. The van der Waals surface area contributed by atoms with Crippen LogP contribution in [0.15, 0.2) is 0 Å². The zero-order valence-corrected chi connectivity index (χ0v) is 12.0. The first-order chi connectivity index (χ1) is 9.38. The highest BCUT2D eigenvalue weighted by Gasteiger charge is 2.26. The van der Waals surface area contributed by atoms with E-state index in [1.807, 2.05) is 0 Å². The van der Waals surface area contributed by atoms with Crippen LogP contribution in [0.25, 0.3) is 0 Å². The van der Waals surface area contributed by atoms with Crippen LogP contribution >= 0.6 is 0 Å². The van der Waals surface area contributed by atoms with Gasteiger partial charge in [0, 0.05) is 12.1 Å². The van der Waals surface area contributed by atoms with E-state index in [0.717, 1.165) is 25.7 Å². The molecule has 1 rings (SSSR count). The Hall–Kier alpha value is -1.63. The maximum absolute atomic E-state index is 11.8. The van der Waals surface area contributed by atoms with E-state index in [-0.39, 0.29) is 25.2 Å². The first-order valence-electron chi connectivity index (χ1n) is 6.94. The summed E-state index contributed by atoms with van der Waals surface area (Å²) in [7, 11) is 0. The molecule has 114 valence electrons. The molecule has 0 atom stereocenters. The standard InChI is InChI=1S/C13H23N3O4/c1-9(2)14-13(20)15-11(17)7-16(8-12(18)19)10-5-3-4-6-10/h9-10H,3-8H2,1-2H3,(H,18,19)(H2,14,15,17,20). The molecule has 3 amide bonds. The smallest absolute Gasteiger partial charge is 0.321 e. The fraction of sp³-hybridized carbons (Fsp3) is 0.769. The van der Waals surface area contributed by atoms with Gasteiger partial charge in [-0.2, -0.15) is 0 Å². The molecular weight excluding hydrogens is 262 g/mol. The highest BCUT2D eigenvalue weighted by Crippen LogP contribution is 2.22. The summed E-state index contributed by atoms with van der Waals surface area (Å²) in [5, 5.41) is 13.7. The van der Waals surface area contributed by atoms with Crippen LogP contribution in [-0.4, -0.2) is 53.1 Å². The second-order valence-electron chi connectivity index (χ2n) is 5.41. The molecule has 0 heterocycles. The lowest BCUT2D eigenvalue weighted by atomic mass is 10.2. The largest absolute Gasteiger partial charge is 0.480 e. The predicted octanol–water partition coefficient (Wildman–Crippen LogP) is 0.550. The van der Waals surface area contributed by atoms with Crippen molar-refractivity contribution in [1.82, 2.24) is 15.5 Å². The molecule has 0 radical (unpaired) electrons. The van der Waals surface area contributed by atoms with Crippen LogP contribution in [0.3, 0.4) is 0 Å². The Morgan fingerprint density at radius 3 is 2.30 bits per heavy atom. The number of nitrogens with one attached hydrogen (secondary N) is 2. The summed E-state index contributed by atoms with van der Waals surface area (Å²) in [6.07, 6.45) is 3.91. The third-order valence-electron chi connectivity index (χ3n) is 3.20. The van der Waals surface area contributed by atoms with Crippen molar-refractivity contribution in [3.8, 4) is 0 Å². The van der Waals surface area contributed by atoms with Gasteiger partial charge in [-0.15, -0.1) is 0 Å². The van der Waals surface area contributed by atoms with Gasteiger partial charge in [-0.1, -0.05) is 12.8 Å². The van der Waals surface area contributed by atoms with Gasteiger partial charge in [-0.3, -0.25) is 19.8 Å². The lowest BCUT2D eigenvalue weighted by Crippen LogP contribution is -2.49. The topological polar surface area (TPSA) is 98.7 Å². The third kappa shape index (κ3) is 6.01. The minimum Gasteiger partial charge on any atom is -0.480 e. The highest BCUT2D eigenvalue weighted by molar-refractivity contribution is 5.95. The Morgan fingerprint density at radius 1 is 1.20 bits per heavy atom. The summed E-state index contributed by atoms with van der Waals surface area (Å²) < 4.78 is 0. The van der Waals surface area contributed by atoms with Crippen molar-refractivity contribution in [2.75, 3.05) is 13.1 Å². The molecule has 1 fully saturated rings. The van der Waals surface area contributed by atoms with Crippen molar-refractivity contribution in [3.63, 3.8) is 0 Å². The lowest BCUT2D eigenvalue weighted by Gasteiger charge is -2.26. The van der Waals surface area contributed by atoms with E-state index in [0.29, 0.717) is 0 Å². The van der Waals surface area contributed by atoms with E-state index in [1.54, 1.807) is 18.7 Å². The van der Waals surface area contributed by atoms with Crippen LogP contribution in [-0.2, 0) is 9.59 Å². The van der Waals surface area contributed by atoms with E-state index in [9.17, 15) is 14.4 Å². The lowest BCUT2D eigenvalue weighted by molar-refractivity contribution is -0.139. The quantitative estimate of drug-likeness (QED) is 0.662. The number of carboxylic acids is 1. The number of nitrogens with zero attached hydrogens (tertiary/aromatic N) is 1. The second kappa shape index (κ2) is 7.84. The van der Waals surface area contributed by atoms with Gasteiger partial charge in [-0.05, 0) is 26.7 Å². The Balaban J connectivity index is 2.48. The van der Waals surface area contributed by atoms with E-state index >= 15 is 0 Å². The molecule has 0 aliphatic heterocycles. The summed E-state index contributed by atoms with van der Waals surface area (Å²) in [6.45, 7) is 3.34. The Bertz CT molecular complexity index is 365. The molecule has 7 nitrogen and oxygen atoms in total. The van der Waals surface area contributed by atoms with Crippen molar-refractivity contribution in [1.29, 1.82) is 0 Å². The molecule has 0 bridgehead atoms. The van der Waals surface area contributed by atoms with Crippen molar-refractivity contribution in [2.24, 2.45) is 0 Å². The van der Waals surface area contributed by atoms with Gasteiger partial charge in [0.25, 0.3) is 0 Å². The van der Waals surface area contributed by atoms with Crippen molar-refractivity contribution in [2.45, 2.75) is 51.6 Å². The average Bonchev–Trinajstić information content (AvgIpc) is 2.78. The number of carboxylic acid groups (broad SMARTS) is 1. The minimum absolute atomic E-state index is 0.0623.